The van der Waals surface area contributed by atoms with Crippen LogP contribution in [0.15, 0.2) is 30.6 Å². The minimum Gasteiger partial charge on any atom is -0.497 e. The van der Waals surface area contributed by atoms with E-state index in [1.54, 1.807) is 17.8 Å². The fraction of sp³-hybridized carbons (Fsp3) is 0.400. The van der Waals surface area contributed by atoms with Crippen molar-refractivity contribution in [3.63, 3.8) is 0 Å². The second-order valence-electron chi connectivity index (χ2n) is 6.96. The lowest BCUT2D eigenvalue weighted by Crippen LogP contribution is -2.40. The van der Waals surface area contributed by atoms with E-state index in [1.165, 1.54) is 0 Å². The number of esters is 1. The fourth-order valence-corrected chi connectivity index (χ4v) is 3.85. The number of piperidine rings is 1. The Balaban J connectivity index is 1.73. The number of rotatable bonds is 5. The number of aromatic nitrogens is 4. The molecule has 0 N–H and O–H groups in total. The van der Waals surface area contributed by atoms with E-state index in [-0.39, 0.29) is 11.9 Å². The molecule has 0 aliphatic carbocycles. The van der Waals surface area contributed by atoms with Gasteiger partial charge >= 0.3 is 5.97 Å². The van der Waals surface area contributed by atoms with Gasteiger partial charge in [-0.1, -0.05) is 0 Å². The van der Waals surface area contributed by atoms with Gasteiger partial charge in [-0.3, -0.25) is 9.13 Å². The Kier molecular flexibility index (Phi) is 5.62. The van der Waals surface area contributed by atoms with Crippen LogP contribution in [0.3, 0.4) is 0 Å². The molecule has 2 unspecified atom stereocenters. The van der Waals surface area contributed by atoms with Gasteiger partial charge in [0.25, 0.3) is 0 Å². The first kappa shape index (κ1) is 19.6. The monoisotopic (exact) mass is 413 g/mol. The van der Waals surface area contributed by atoms with E-state index in [0.717, 1.165) is 47.6 Å². The van der Waals surface area contributed by atoms with Gasteiger partial charge in [-0.2, -0.15) is 4.98 Å². The molecule has 0 saturated carbocycles. The number of anilines is 1. The normalized spacial score (nSPS) is 16.8. The predicted molar refractivity (Wildman–Crippen MR) is 114 cm³/mol. The van der Waals surface area contributed by atoms with Crippen molar-refractivity contribution in [1.29, 1.82) is 0 Å². The second kappa shape index (κ2) is 8.33. The largest absolute Gasteiger partial charge is 0.497 e. The number of hydrogen-bond donors (Lipinski definition) is 0. The number of ether oxygens (including phenoxy) is 2. The Morgan fingerprint density at radius 1 is 1.28 bits per heavy atom. The lowest BCUT2D eigenvalue weighted by Gasteiger charge is -2.31. The SMILES string of the molecule is CCOC(=O)C1CCCN(c2nc(-c3ccc(OC)cc3)c3ncn(P)c3n2)C1. The summed E-state index contributed by atoms with van der Waals surface area (Å²) in [7, 11) is 4.25. The highest BCUT2D eigenvalue weighted by Crippen LogP contribution is 2.31. The van der Waals surface area contributed by atoms with Gasteiger partial charge in [-0.25, -0.2) is 9.97 Å². The van der Waals surface area contributed by atoms with E-state index >= 15 is 0 Å². The summed E-state index contributed by atoms with van der Waals surface area (Å²) in [5.41, 5.74) is 3.14. The Morgan fingerprint density at radius 2 is 2.07 bits per heavy atom. The predicted octanol–water partition coefficient (Wildman–Crippen LogP) is 2.92. The zero-order valence-electron chi connectivity index (χ0n) is 16.5. The van der Waals surface area contributed by atoms with Gasteiger partial charge in [0.15, 0.2) is 5.65 Å². The van der Waals surface area contributed by atoms with Crippen LogP contribution >= 0.6 is 9.39 Å². The van der Waals surface area contributed by atoms with E-state index in [2.05, 4.69) is 19.3 Å². The van der Waals surface area contributed by atoms with Gasteiger partial charge in [0, 0.05) is 18.7 Å². The molecule has 8 nitrogen and oxygen atoms in total. The summed E-state index contributed by atoms with van der Waals surface area (Å²) in [5.74, 6) is 1.07. The van der Waals surface area contributed by atoms with Crippen LogP contribution < -0.4 is 9.64 Å². The van der Waals surface area contributed by atoms with Crippen LogP contribution in [0.25, 0.3) is 22.4 Å². The van der Waals surface area contributed by atoms with E-state index in [1.807, 2.05) is 31.2 Å². The van der Waals surface area contributed by atoms with Crippen molar-refractivity contribution in [1.82, 2.24) is 19.3 Å². The minimum atomic E-state index is -0.159. The standard InChI is InChI=1S/C20H24N5O3P/c1-3-28-19(26)14-5-4-10-24(11-14)20-22-16(13-6-8-15(27-2)9-7-13)17-18(23-20)25(29)12-21-17/h6-9,12,14H,3-5,10-11,29H2,1-2H3. The highest BCUT2D eigenvalue weighted by atomic mass is 31.0. The molecule has 1 fully saturated rings. The number of methoxy groups -OCH3 is 1. The van der Waals surface area contributed by atoms with Gasteiger partial charge in [-0.15, -0.1) is 0 Å². The summed E-state index contributed by atoms with van der Waals surface area (Å²) < 4.78 is 12.3. The highest BCUT2D eigenvalue weighted by Gasteiger charge is 2.29. The van der Waals surface area contributed by atoms with Gasteiger partial charge < -0.3 is 14.4 Å². The molecule has 0 spiro atoms. The van der Waals surface area contributed by atoms with E-state index in [4.69, 9.17) is 19.4 Å². The molecule has 1 saturated heterocycles. The maximum absolute atomic E-state index is 12.2. The molecule has 1 aromatic carbocycles. The first-order valence-electron chi connectivity index (χ1n) is 9.67. The highest BCUT2D eigenvalue weighted by molar-refractivity contribution is 7.14. The first-order chi connectivity index (χ1) is 14.1. The summed E-state index contributed by atoms with van der Waals surface area (Å²) in [6, 6.07) is 7.73. The van der Waals surface area contributed by atoms with Crippen molar-refractivity contribution in [2.24, 2.45) is 5.92 Å². The maximum Gasteiger partial charge on any atom is 0.310 e. The smallest absolute Gasteiger partial charge is 0.310 e. The molecule has 152 valence electrons. The second-order valence-corrected chi connectivity index (χ2v) is 7.52. The number of hydrogen-bond acceptors (Lipinski definition) is 7. The van der Waals surface area contributed by atoms with Crippen molar-refractivity contribution in [2.45, 2.75) is 19.8 Å². The molecule has 29 heavy (non-hydrogen) atoms. The average molecular weight is 413 g/mol. The third-order valence-corrected chi connectivity index (χ3v) is 5.48. The van der Waals surface area contributed by atoms with Gasteiger partial charge in [0.05, 0.1) is 19.6 Å². The molecule has 0 amide bonds. The summed E-state index contributed by atoms with van der Waals surface area (Å²) in [6.07, 6.45) is 3.42. The Hall–Kier alpha value is -2.73. The number of imidazole rings is 1. The topological polar surface area (TPSA) is 82.4 Å². The van der Waals surface area contributed by atoms with Crippen LogP contribution in [0, 0.1) is 5.92 Å². The van der Waals surface area contributed by atoms with Crippen LogP contribution in [0.5, 0.6) is 5.75 Å². The van der Waals surface area contributed by atoms with Crippen molar-refractivity contribution < 1.29 is 14.3 Å². The lowest BCUT2D eigenvalue weighted by molar-refractivity contribution is -0.148. The quantitative estimate of drug-likeness (QED) is 0.470. The molecule has 3 heterocycles. The van der Waals surface area contributed by atoms with E-state index in [9.17, 15) is 4.79 Å². The van der Waals surface area contributed by atoms with Crippen molar-refractivity contribution in [3.8, 4) is 17.0 Å². The van der Waals surface area contributed by atoms with Crippen LogP contribution in [-0.4, -0.2) is 52.1 Å². The zero-order chi connectivity index (χ0) is 20.4. The molecular weight excluding hydrogens is 389 g/mol. The summed E-state index contributed by atoms with van der Waals surface area (Å²) in [4.78, 5) is 28.4. The molecular formula is C20H24N5O3P. The van der Waals surface area contributed by atoms with E-state index in [0.29, 0.717) is 19.1 Å². The van der Waals surface area contributed by atoms with Crippen molar-refractivity contribution in [3.05, 3.63) is 30.6 Å². The molecule has 1 aliphatic heterocycles. The van der Waals surface area contributed by atoms with Crippen molar-refractivity contribution in [2.75, 3.05) is 31.7 Å². The van der Waals surface area contributed by atoms with Crippen LogP contribution in [0.4, 0.5) is 5.95 Å². The number of carbonyl (C=O) groups is 1. The van der Waals surface area contributed by atoms with Crippen LogP contribution in [0.1, 0.15) is 19.8 Å². The molecule has 3 aromatic rings. The first-order valence-corrected chi connectivity index (χ1v) is 10.2. The molecule has 9 heteroatoms. The number of benzene rings is 1. The van der Waals surface area contributed by atoms with Gasteiger partial charge in [0.1, 0.15) is 23.3 Å². The molecule has 4 rings (SSSR count). The van der Waals surface area contributed by atoms with E-state index < -0.39 is 0 Å². The Labute approximate surface area is 171 Å². The number of nitrogens with zero attached hydrogens (tertiary/aromatic N) is 5. The Bertz CT molecular complexity index is 1020. The summed E-state index contributed by atoms with van der Waals surface area (Å²) >= 11 is 0. The van der Waals surface area contributed by atoms with Crippen LogP contribution in [0.2, 0.25) is 0 Å². The zero-order valence-corrected chi connectivity index (χ0v) is 17.7. The average Bonchev–Trinajstić information content (AvgIpc) is 3.14. The lowest BCUT2D eigenvalue weighted by atomic mass is 9.98. The molecule has 1 aliphatic rings. The molecule has 2 aromatic heterocycles. The van der Waals surface area contributed by atoms with Gasteiger partial charge in [0.2, 0.25) is 5.95 Å². The van der Waals surface area contributed by atoms with Crippen molar-refractivity contribution >= 4 is 32.5 Å². The summed E-state index contributed by atoms with van der Waals surface area (Å²) in [6.45, 7) is 3.58. The maximum atomic E-state index is 12.2. The summed E-state index contributed by atoms with van der Waals surface area (Å²) in [5, 5.41) is 0. The molecule has 2 atom stereocenters. The fourth-order valence-electron chi connectivity index (χ4n) is 3.61. The molecule has 0 bridgehead atoms. The molecule has 0 radical (unpaired) electrons. The number of carbonyl (C=O) groups excluding carboxylic acids is 1. The van der Waals surface area contributed by atoms with Gasteiger partial charge in [-0.05, 0) is 53.4 Å². The Morgan fingerprint density at radius 3 is 2.79 bits per heavy atom. The van der Waals surface area contributed by atoms with Crippen LogP contribution in [-0.2, 0) is 9.53 Å². The third-order valence-electron chi connectivity index (χ3n) is 5.10. The minimum absolute atomic E-state index is 0.148. The number of fused-ring (bicyclic) bond motifs is 1. The third kappa shape index (κ3) is 3.90.